The van der Waals surface area contributed by atoms with Crippen LogP contribution in [0.25, 0.3) is 0 Å². The van der Waals surface area contributed by atoms with Crippen LogP contribution in [0.1, 0.15) is 24.7 Å². The van der Waals surface area contributed by atoms with Gasteiger partial charge in [-0.1, -0.05) is 19.1 Å². The maximum atomic E-state index is 5.22. The predicted molar refractivity (Wildman–Crippen MR) is 82.7 cm³/mol. The Bertz CT molecular complexity index is 571. The third-order valence-corrected chi connectivity index (χ3v) is 3.83. The van der Waals surface area contributed by atoms with E-state index in [9.17, 15) is 0 Å². The largest absolute Gasteiger partial charge is 0.318 e. The first kappa shape index (κ1) is 14.1. The topological polar surface area (TPSA) is 45.6 Å². The van der Waals surface area contributed by atoms with Gasteiger partial charge in [-0.25, -0.2) is 4.68 Å². The lowest BCUT2D eigenvalue weighted by Gasteiger charge is -2.10. The molecule has 0 amide bonds. The Kier molecular flexibility index (Phi) is 5.04. The fraction of sp³-hybridized carbons (Fsp3) is 0.385. The number of rotatable bonds is 6. The van der Waals surface area contributed by atoms with Crippen molar-refractivity contribution in [3.05, 3.63) is 40.4 Å². The smallest absolute Gasteiger partial charge is 0.214 e. The molecule has 0 unspecified atom stereocenters. The number of nitrogens with one attached hydrogen (secondary N) is 2. The molecule has 2 N–H and O–H groups in total. The number of nitrogens with zero attached hydrogens (tertiary/aromatic N) is 2. The molecule has 2 aromatic rings. The maximum absolute atomic E-state index is 5.22. The first-order valence-electron chi connectivity index (χ1n) is 6.27. The fourth-order valence-electron chi connectivity index (χ4n) is 1.80. The van der Waals surface area contributed by atoms with Gasteiger partial charge in [-0.2, -0.15) is 5.10 Å². The molecular formula is C13H18N4S2. The number of aromatic nitrogens is 3. The van der Waals surface area contributed by atoms with Crippen molar-refractivity contribution in [2.75, 3.05) is 11.7 Å². The summed E-state index contributed by atoms with van der Waals surface area (Å²) in [5.74, 6) is 0.952. The number of hydrogen-bond donors (Lipinski definition) is 2. The zero-order valence-corrected chi connectivity index (χ0v) is 12.8. The number of benzene rings is 1. The number of aromatic amines is 1. The summed E-state index contributed by atoms with van der Waals surface area (Å²) in [5.41, 5.74) is 4.54. The van der Waals surface area contributed by atoms with E-state index in [2.05, 4.69) is 53.1 Å². The lowest BCUT2D eigenvalue weighted by atomic mass is 10.2. The molecule has 0 bridgehead atoms. The van der Waals surface area contributed by atoms with Crippen molar-refractivity contribution < 1.29 is 0 Å². The summed E-state index contributed by atoms with van der Waals surface area (Å²) in [7, 11) is 0. The molecule has 0 saturated heterocycles. The summed E-state index contributed by atoms with van der Waals surface area (Å²) in [5, 5.41) is 7.05. The van der Waals surface area contributed by atoms with Crippen molar-refractivity contribution in [1.82, 2.24) is 14.9 Å². The SMILES string of the molecule is CCCc1n[nH]c(=S)n1NCc1ccc(SC)cc1. The van der Waals surface area contributed by atoms with Crippen LogP contribution in [0, 0.1) is 4.77 Å². The molecule has 1 aromatic heterocycles. The molecule has 0 saturated carbocycles. The lowest BCUT2D eigenvalue weighted by molar-refractivity contribution is 0.731. The molecule has 1 aromatic carbocycles. The molecule has 0 spiro atoms. The molecule has 102 valence electrons. The minimum Gasteiger partial charge on any atom is -0.318 e. The van der Waals surface area contributed by atoms with E-state index in [4.69, 9.17) is 12.2 Å². The van der Waals surface area contributed by atoms with Crippen molar-refractivity contribution in [2.45, 2.75) is 31.2 Å². The summed E-state index contributed by atoms with van der Waals surface area (Å²) in [6, 6.07) is 8.51. The van der Waals surface area contributed by atoms with Crippen LogP contribution in [0.4, 0.5) is 0 Å². The van der Waals surface area contributed by atoms with Gasteiger partial charge in [-0.05, 0) is 42.6 Å². The number of H-pyrrole nitrogens is 1. The number of hydrogen-bond acceptors (Lipinski definition) is 4. The highest BCUT2D eigenvalue weighted by Gasteiger charge is 2.04. The van der Waals surface area contributed by atoms with Crippen molar-refractivity contribution in [3.63, 3.8) is 0 Å². The molecule has 6 heteroatoms. The number of thioether (sulfide) groups is 1. The van der Waals surface area contributed by atoms with E-state index in [-0.39, 0.29) is 0 Å². The molecule has 4 nitrogen and oxygen atoms in total. The summed E-state index contributed by atoms with van der Waals surface area (Å²) in [6.45, 7) is 2.86. The Hall–Kier alpha value is -1.27. The first-order valence-corrected chi connectivity index (χ1v) is 7.91. The molecule has 0 aliphatic heterocycles. The Labute approximate surface area is 122 Å². The van der Waals surface area contributed by atoms with Gasteiger partial charge in [0.05, 0.1) is 6.54 Å². The highest BCUT2D eigenvalue weighted by molar-refractivity contribution is 7.98. The van der Waals surface area contributed by atoms with Gasteiger partial charge in [0.1, 0.15) is 0 Å². The van der Waals surface area contributed by atoms with Gasteiger partial charge in [0.15, 0.2) is 5.82 Å². The van der Waals surface area contributed by atoms with Crippen LogP contribution in [0.3, 0.4) is 0 Å². The molecular weight excluding hydrogens is 276 g/mol. The molecule has 0 aliphatic carbocycles. The Morgan fingerprint density at radius 1 is 1.37 bits per heavy atom. The Balaban J connectivity index is 2.05. The predicted octanol–water partition coefficient (Wildman–Crippen LogP) is 3.36. The van der Waals surface area contributed by atoms with E-state index in [1.165, 1.54) is 10.5 Å². The van der Waals surface area contributed by atoms with E-state index in [0.717, 1.165) is 25.2 Å². The van der Waals surface area contributed by atoms with Crippen molar-refractivity contribution in [2.24, 2.45) is 0 Å². The van der Waals surface area contributed by atoms with Crippen molar-refractivity contribution >= 4 is 24.0 Å². The second kappa shape index (κ2) is 6.77. The van der Waals surface area contributed by atoms with Crippen molar-refractivity contribution in [1.29, 1.82) is 0 Å². The fourth-order valence-corrected chi connectivity index (χ4v) is 2.42. The summed E-state index contributed by atoms with van der Waals surface area (Å²) in [6.07, 6.45) is 4.03. The van der Waals surface area contributed by atoms with Gasteiger partial charge in [0.25, 0.3) is 0 Å². The van der Waals surface area contributed by atoms with E-state index in [1.807, 2.05) is 4.68 Å². The summed E-state index contributed by atoms with van der Waals surface area (Å²) < 4.78 is 2.48. The average molecular weight is 294 g/mol. The standard InChI is InChI=1S/C13H18N4S2/c1-3-4-12-15-16-13(18)17(12)14-9-10-5-7-11(19-2)8-6-10/h5-8,14H,3-4,9H2,1-2H3,(H,16,18). The van der Waals surface area contributed by atoms with Gasteiger partial charge < -0.3 is 5.43 Å². The molecule has 0 fully saturated rings. The highest BCUT2D eigenvalue weighted by Crippen LogP contribution is 2.14. The quantitative estimate of drug-likeness (QED) is 0.633. The zero-order valence-electron chi connectivity index (χ0n) is 11.1. The van der Waals surface area contributed by atoms with Gasteiger partial charge in [0.2, 0.25) is 4.77 Å². The van der Waals surface area contributed by atoms with Gasteiger partial charge in [-0.3, -0.25) is 5.10 Å². The van der Waals surface area contributed by atoms with Crippen LogP contribution in [0.5, 0.6) is 0 Å². The lowest BCUT2D eigenvalue weighted by Crippen LogP contribution is -2.17. The molecule has 0 radical (unpaired) electrons. The van der Waals surface area contributed by atoms with Crippen molar-refractivity contribution in [3.8, 4) is 0 Å². The monoisotopic (exact) mass is 294 g/mol. The van der Waals surface area contributed by atoms with E-state index in [0.29, 0.717) is 4.77 Å². The molecule has 19 heavy (non-hydrogen) atoms. The zero-order chi connectivity index (χ0) is 13.7. The third-order valence-electron chi connectivity index (χ3n) is 2.82. The van der Waals surface area contributed by atoms with Crippen LogP contribution in [-0.4, -0.2) is 21.1 Å². The molecule has 0 aliphatic rings. The maximum Gasteiger partial charge on any atom is 0.214 e. The first-order chi connectivity index (χ1) is 9.24. The van der Waals surface area contributed by atoms with Crippen LogP contribution in [0.2, 0.25) is 0 Å². The Morgan fingerprint density at radius 3 is 2.74 bits per heavy atom. The van der Waals surface area contributed by atoms with Crippen LogP contribution in [0.15, 0.2) is 29.2 Å². The van der Waals surface area contributed by atoms with Crippen LogP contribution in [-0.2, 0) is 13.0 Å². The second-order valence-corrected chi connectivity index (χ2v) is 5.48. The normalized spacial score (nSPS) is 10.6. The van der Waals surface area contributed by atoms with Gasteiger partial charge in [0, 0.05) is 11.3 Å². The molecule has 0 atom stereocenters. The van der Waals surface area contributed by atoms with Crippen LogP contribution >= 0.6 is 24.0 Å². The Morgan fingerprint density at radius 2 is 2.11 bits per heavy atom. The number of aryl methyl sites for hydroxylation is 1. The third kappa shape index (κ3) is 3.61. The van der Waals surface area contributed by atoms with Gasteiger partial charge in [-0.15, -0.1) is 11.8 Å². The van der Waals surface area contributed by atoms with Crippen LogP contribution < -0.4 is 5.43 Å². The molecule has 2 rings (SSSR count). The minimum absolute atomic E-state index is 0.615. The molecule has 1 heterocycles. The van der Waals surface area contributed by atoms with Gasteiger partial charge >= 0.3 is 0 Å². The summed E-state index contributed by atoms with van der Waals surface area (Å²) in [4.78, 5) is 1.27. The summed E-state index contributed by atoms with van der Waals surface area (Å²) >= 11 is 6.97. The minimum atomic E-state index is 0.615. The van der Waals surface area contributed by atoms with E-state index >= 15 is 0 Å². The highest BCUT2D eigenvalue weighted by atomic mass is 32.2. The van der Waals surface area contributed by atoms with E-state index < -0.39 is 0 Å². The second-order valence-electron chi connectivity index (χ2n) is 4.21. The van der Waals surface area contributed by atoms with E-state index in [1.54, 1.807) is 11.8 Å². The average Bonchev–Trinajstić information content (AvgIpc) is 2.78.